The van der Waals surface area contributed by atoms with E-state index in [-0.39, 0.29) is 11.9 Å². The first-order chi connectivity index (χ1) is 12.1. The highest BCUT2D eigenvalue weighted by Crippen LogP contribution is 2.24. The average molecular weight is 338 g/mol. The predicted molar refractivity (Wildman–Crippen MR) is 95.2 cm³/mol. The third kappa shape index (κ3) is 3.47. The number of aromatic nitrogens is 1. The van der Waals surface area contributed by atoms with Crippen molar-refractivity contribution in [3.8, 4) is 5.75 Å². The Hall–Kier alpha value is -3.28. The molecule has 25 heavy (non-hydrogen) atoms. The molecule has 0 atom stereocenters. The molecule has 3 rings (SSSR count). The van der Waals surface area contributed by atoms with Gasteiger partial charge in [0, 0.05) is 28.9 Å². The van der Waals surface area contributed by atoms with E-state index in [2.05, 4.69) is 10.3 Å². The Bertz CT molecular complexity index is 913. The number of hydrogen-bond acceptors (Lipinski definition) is 4. The third-order valence-electron chi connectivity index (χ3n) is 3.79. The van der Waals surface area contributed by atoms with Crippen LogP contribution in [0.2, 0.25) is 0 Å². The molecule has 1 aromatic heterocycles. The quantitative estimate of drug-likeness (QED) is 0.697. The number of H-pyrrole nitrogens is 1. The SMILES string of the molecule is CCOC(=O)c1ccc(NC(=O)c2c[nH]c3cc(OC)ccc23)cc1. The van der Waals surface area contributed by atoms with Gasteiger partial charge in [0.25, 0.3) is 5.91 Å². The van der Waals surface area contributed by atoms with Gasteiger partial charge >= 0.3 is 5.97 Å². The van der Waals surface area contributed by atoms with Gasteiger partial charge in [-0.1, -0.05) is 0 Å². The van der Waals surface area contributed by atoms with Crippen molar-refractivity contribution < 1.29 is 19.1 Å². The molecule has 0 aliphatic heterocycles. The molecule has 1 heterocycles. The molecule has 0 fully saturated rings. The molecule has 0 saturated carbocycles. The molecule has 0 radical (unpaired) electrons. The Morgan fingerprint density at radius 2 is 1.88 bits per heavy atom. The van der Waals surface area contributed by atoms with E-state index in [0.717, 1.165) is 16.7 Å². The van der Waals surface area contributed by atoms with E-state index in [0.29, 0.717) is 23.4 Å². The summed E-state index contributed by atoms with van der Waals surface area (Å²) in [5.41, 5.74) is 2.40. The lowest BCUT2D eigenvalue weighted by Crippen LogP contribution is -2.11. The van der Waals surface area contributed by atoms with Crippen LogP contribution in [0.1, 0.15) is 27.6 Å². The lowest BCUT2D eigenvalue weighted by Gasteiger charge is -2.06. The molecular weight excluding hydrogens is 320 g/mol. The Morgan fingerprint density at radius 3 is 2.56 bits per heavy atom. The summed E-state index contributed by atoms with van der Waals surface area (Å²) in [6.45, 7) is 2.08. The lowest BCUT2D eigenvalue weighted by atomic mass is 10.1. The number of aromatic amines is 1. The fraction of sp³-hybridized carbons (Fsp3) is 0.158. The molecule has 6 nitrogen and oxygen atoms in total. The lowest BCUT2D eigenvalue weighted by molar-refractivity contribution is 0.0526. The number of fused-ring (bicyclic) bond motifs is 1. The maximum absolute atomic E-state index is 12.5. The van der Waals surface area contributed by atoms with Gasteiger partial charge < -0.3 is 19.8 Å². The zero-order valence-corrected chi connectivity index (χ0v) is 14.0. The topological polar surface area (TPSA) is 80.4 Å². The highest BCUT2D eigenvalue weighted by Gasteiger charge is 2.13. The van der Waals surface area contributed by atoms with E-state index < -0.39 is 0 Å². The van der Waals surface area contributed by atoms with Gasteiger partial charge in [0.1, 0.15) is 5.75 Å². The smallest absolute Gasteiger partial charge is 0.338 e. The van der Waals surface area contributed by atoms with E-state index in [9.17, 15) is 9.59 Å². The number of hydrogen-bond donors (Lipinski definition) is 2. The van der Waals surface area contributed by atoms with E-state index in [1.54, 1.807) is 50.6 Å². The van der Waals surface area contributed by atoms with Gasteiger partial charge in [-0.15, -0.1) is 0 Å². The number of nitrogens with one attached hydrogen (secondary N) is 2. The third-order valence-corrected chi connectivity index (χ3v) is 3.79. The zero-order valence-electron chi connectivity index (χ0n) is 14.0. The second-order valence-corrected chi connectivity index (χ2v) is 5.37. The molecule has 0 aliphatic carbocycles. The molecule has 0 bridgehead atoms. The molecule has 0 spiro atoms. The van der Waals surface area contributed by atoms with Crippen LogP contribution < -0.4 is 10.1 Å². The molecule has 6 heteroatoms. The summed E-state index contributed by atoms with van der Waals surface area (Å²) in [6, 6.07) is 12.1. The normalized spacial score (nSPS) is 10.5. The van der Waals surface area contributed by atoms with Crippen LogP contribution in [0.3, 0.4) is 0 Å². The Labute approximate surface area is 144 Å². The second-order valence-electron chi connectivity index (χ2n) is 5.37. The minimum Gasteiger partial charge on any atom is -0.497 e. The van der Waals surface area contributed by atoms with Crippen molar-refractivity contribution >= 4 is 28.5 Å². The van der Waals surface area contributed by atoms with Gasteiger partial charge in [-0.3, -0.25) is 4.79 Å². The number of ether oxygens (including phenoxy) is 2. The molecule has 0 saturated heterocycles. The van der Waals surface area contributed by atoms with Crippen molar-refractivity contribution in [2.75, 3.05) is 19.0 Å². The highest BCUT2D eigenvalue weighted by atomic mass is 16.5. The van der Waals surface area contributed by atoms with E-state index >= 15 is 0 Å². The van der Waals surface area contributed by atoms with Crippen LogP contribution in [0.5, 0.6) is 5.75 Å². The molecule has 0 unspecified atom stereocenters. The zero-order chi connectivity index (χ0) is 17.8. The van der Waals surface area contributed by atoms with Crippen molar-refractivity contribution in [1.82, 2.24) is 4.98 Å². The van der Waals surface area contributed by atoms with E-state index in [1.807, 2.05) is 12.1 Å². The van der Waals surface area contributed by atoms with E-state index in [4.69, 9.17) is 9.47 Å². The summed E-state index contributed by atoms with van der Waals surface area (Å²) in [6.07, 6.45) is 1.66. The number of amides is 1. The number of rotatable bonds is 5. The maximum atomic E-state index is 12.5. The Morgan fingerprint density at radius 1 is 1.12 bits per heavy atom. The Kier molecular flexibility index (Phi) is 4.70. The fourth-order valence-corrected chi connectivity index (χ4v) is 2.52. The van der Waals surface area contributed by atoms with Crippen LogP contribution in [0.15, 0.2) is 48.7 Å². The standard InChI is InChI=1S/C19H18N2O4/c1-3-25-19(23)12-4-6-13(7-5-12)21-18(22)16-11-20-17-10-14(24-2)8-9-15(16)17/h4-11,20H,3H2,1-2H3,(H,21,22). The van der Waals surface area contributed by atoms with Crippen LogP contribution in [-0.4, -0.2) is 30.6 Å². The Balaban J connectivity index is 1.77. The summed E-state index contributed by atoms with van der Waals surface area (Å²) < 4.78 is 10.1. The number of methoxy groups -OCH3 is 1. The number of carbonyl (C=O) groups is 2. The van der Waals surface area contributed by atoms with Crippen LogP contribution >= 0.6 is 0 Å². The van der Waals surface area contributed by atoms with Crippen molar-refractivity contribution in [2.24, 2.45) is 0 Å². The first kappa shape index (κ1) is 16.6. The summed E-state index contributed by atoms with van der Waals surface area (Å²) in [7, 11) is 1.59. The molecular formula is C19H18N2O4. The summed E-state index contributed by atoms with van der Waals surface area (Å²) in [5.74, 6) is 0.0992. The molecule has 3 aromatic rings. The molecule has 0 aliphatic rings. The monoisotopic (exact) mass is 338 g/mol. The van der Waals surface area contributed by atoms with Crippen molar-refractivity contribution in [3.63, 3.8) is 0 Å². The van der Waals surface area contributed by atoms with Gasteiger partial charge in [0.05, 0.1) is 24.8 Å². The van der Waals surface area contributed by atoms with Crippen molar-refractivity contribution in [2.45, 2.75) is 6.92 Å². The maximum Gasteiger partial charge on any atom is 0.338 e. The summed E-state index contributed by atoms with van der Waals surface area (Å²) >= 11 is 0. The number of anilines is 1. The van der Waals surface area contributed by atoms with Gasteiger partial charge in [-0.2, -0.15) is 0 Å². The minimum absolute atomic E-state index is 0.236. The molecule has 128 valence electrons. The van der Waals surface area contributed by atoms with Crippen LogP contribution in [-0.2, 0) is 4.74 Å². The summed E-state index contributed by atoms with van der Waals surface area (Å²) in [4.78, 5) is 27.2. The van der Waals surface area contributed by atoms with Crippen LogP contribution in [0.25, 0.3) is 10.9 Å². The number of benzene rings is 2. The minimum atomic E-state index is -0.383. The van der Waals surface area contributed by atoms with Gasteiger partial charge in [0.15, 0.2) is 0 Å². The fourth-order valence-electron chi connectivity index (χ4n) is 2.52. The first-order valence-corrected chi connectivity index (χ1v) is 7.86. The largest absolute Gasteiger partial charge is 0.497 e. The molecule has 1 amide bonds. The van der Waals surface area contributed by atoms with Crippen molar-refractivity contribution in [1.29, 1.82) is 0 Å². The highest BCUT2D eigenvalue weighted by molar-refractivity contribution is 6.13. The number of carbonyl (C=O) groups excluding carboxylic acids is 2. The van der Waals surface area contributed by atoms with Gasteiger partial charge in [0.2, 0.25) is 0 Å². The van der Waals surface area contributed by atoms with Gasteiger partial charge in [-0.05, 0) is 43.3 Å². The van der Waals surface area contributed by atoms with Gasteiger partial charge in [-0.25, -0.2) is 4.79 Å². The molecule has 2 aromatic carbocycles. The van der Waals surface area contributed by atoms with Crippen molar-refractivity contribution in [3.05, 3.63) is 59.8 Å². The first-order valence-electron chi connectivity index (χ1n) is 7.86. The molecule has 2 N–H and O–H groups in total. The summed E-state index contributed by atoms with van der Waals surface area (Å²) in [5, 5.41) is 3.63. The predicted octanol–water partition coefficient (Wildman–Crippen LogP) is 3.61. The second kappa shape index (κ2) is 7.09. The average Bonchev–Trinajstić information content (AvgIpc) is 3.05. The van der Waals surface area contributed by atoms with Crippen LogP contribution in [0, 0.1) is 0 Å². The van der Waals surface area contributed by atoms with E-state index in [1.165, 1.54) is 0 Å². The number of esters is 1. The van der Waals surface area contributed by atoms with Crippen LogP contribution in [0.4, 0.5) is 5.69 Å².